The number of aromatic nitrogens is 2. The number of nitrogens with zero attached hydrogens (tertiary/aromatic N) is 1. The number of methoxy groups -OCH3 is 2. The zero-order valence-electron chi connectivity index (χ0n) is 12.9. The van der Waals surface area contributed by atoms with Gasteiger partial charge in [0.25, 0.3) is 0 Å². The molecule has 3 aromatic rings. The molecule has 0 amide bonds. The predicted molar refractivity (Wildman–Crippen MR) is 87.4 cm³/mol. The highest BCUT2D eigenvalue weighted by Crippen LogP contribution is 2.27. The van der Waals surface area contributed by atoms with Crippen LogP contribution in [0.2, 0.25) is 0 Å². The average Bonchev–Trinajstić information content (AvgIpc) is 3.11. The Morgan fingerprint density at radius 3 is 2.48 bits per heavy atom. The molecule has 0 atom stereocenters. The van der Waals surface area contributed by atoms with Gasteiger partial charge >= 0.3 is 5.97 Å². The fourth-order valence-corrected chi connectivity index (χ4v) is 2.38. The Balaban J connectivity index is 1.97. The van der Waals surface area contributed by atoms with Crippen molar-refractivity contribution in [3.63, 3.8) is 0 Å². The van der Waals surface area contributed by atoms with Gasteiger partial charge in [0.05, 0.1) is 31.2 Å². The van der Waals surface area contributed by atoms with Gasteiger partial charge in [0.15, 0.2) is 0 Å². The topological polar surface area (TPSA) is 64.2 Å². The fourth-order valence-electron chi connectivity index (χ4n) is 2.38. The molecule has 0 unspecified atom stereocenters. The molecule has 0 fully saturated rings. The number of nitrogens with one attached hydrogen (secondary N) is 1. The third-order valence-corrected chi connectivity index (χ3v) is 3.59. The lowest BCUT2D eigenvalue weighted by Crippen LogP contribution is -2.03. The standard InChI is InChI=1S/C18H16N2O3/c1-22-13-9-7-12(8-10-13)16-11-17(20-19-16)14-5-3-4-6-15(14)18(21)23-2/h3-11H,1-2H3,(H,19,20). The molecule has 5 nitrogen and oxygen atoms in total. The first kappa shape index (κ1) is 14.8. The van der Waals surface area contributed by atoms with Crippen LogP contribution in [0.25, 0.3) is 22.5 Å². The van der Waals surface area contributed by atoms with Gasteiger partial charge < -0.3 is 9.47 Å². The molecule has 0 aliphatic carbocycles. The zero-order valence-corrected chi connectivity index (χ0v) is 12.9. The van der Waals surface area contributed by atoms with E-state index in [9.17, 15) is 4.79 Å². The second-order valence-corrected chi connectivity index (χ2v) is 4.93. The number of rotatable bonds is 4. The Morgan fingerprint density at radius 2 is 1.78 bits per heavy atom. The van der Waals surface area contributed by atoms with E-state index in [-0.39, 0.29) is 5.97 Å². The number of carbonyl (C=O) groups is 1. The third-order valence-electron chi connectivity index (χ3n) is 3.59. The van der Waals surface area contributed by atoms with Crippen molar-refractivity contribution in [2.45, 2.75) is 0 Å². The SMILES string of the molecule is COC(=O)c1ccccc1-c1cc(-c2ccc(OC)cc2)n[nH]1. The Morgan fingerprint density at radius 1 is 1.04 bits per heavy atom. The summed E-state index contributed by atoms with van der Waals surface area (Å²) in [5, 5.41) is 7.31. The van der Waals surface area contributed by atoms with Crippen molar-refractivity contribution in [1.82, 2.24) is 10.2 Å². The highest BCUT2D eigenvalue weighted by atomic mass is 16.5. The number of esters is 1. The predicted octanol–water partition coefficient (Wildman–Crippen LogP) is 3.54. The lowest BCUT2D eigenvalue weighted by molar-refractivity contribution is 0.0601. The summed E-state index contributed by atoms with van der Waals surface area (Å²) in [5.41, 5.74) is 3.77. The Labute approximate surface area is 133 Å². The lowest BCUT2D eigenvalue weighted by Gasteiger charge is -2.05. The van der Waals surface area contributed by atoms with Crippen LogP contribution in [0, 0.1) is 0 Å². The van der Waals surface area contributed by atoms with Crippen molar-refractivity contribution in [2.75, 3.05) is 14.2 Å². The molecule has 0 aliphatic heterocycles. The molecule has 5 heteroatoms. The molecule has 1 N–H and O–H groups in total. The molecule has 3 rings (SSSR count). The van der Waals surface area contributed by atoms with Gasteiger partial charge in [-0.15, -0.1) is 0 Å². The summed E-state index contributed by atoms with van der Waals surface area (Å²) in [5.74, 6) is 0.418. The van der Waals surface area contributed by atoms with E-state index in [2.05, 4.69) is 10.2 Å². The first-order chi connectivity index (χ1) is 11.2. The molecule has 1 heterocycles. The quantitative estimate of drug-likeness (QED) is 0.749. The summed E-state index contributed by atoms with van der Waals surface area (Å²) in [6, 6.07) is 16.8. The van der Waals surface area contributed by atoms with Crippen LogP contribution in [0.3, 0.4) is 0 Å². The van der Waals surface area contributed by atoms with Gasteiger partial charge in [-0.1, -0.05) is 18.2 Å². The molecule has 0 radical (unpaired) electrons. The van der Waals surface area contributed by atoms with Gasteiger partial charge in [0, 0.05) is 11.1 Å². The largest absolute Gasteiger partial charge is 0.497 e. The van der Waals surface area contributed by atoms with Crippen molar-refractivity contribution < 1.29 is 14.3 Å². The van der Waals surface area contributed by atoms with E-state index in [1.165, 1.54) is 7.11 Å². The Hall–Kier alpha value is -3.08. The number of H-pyrrole nitrogens is 1. The van der Waals surface area contributed by atoms with Crippen LogP contribution in [0.4, 0.5) is 0 Å². The van der Waals surface area contributed by atoms with Crippen molar-refractivity contribution in [3.8, 4) is 28.3 Å². The number of ether oxygens (including phenoxy) is 2. The van der Waals surface area contributed by atoms with Gasteiger partial charge in [-0.05, 0) is 36.4 Å². The maximum absolute atomic E-state index is 11.9. The molecule has 0 aliphatic rings. The summed E-state index contributed by atoms with van der Waals surface area (Å²) in [6.45, 7) is 0. The van der Waals surface area contributed by atoms with E-state index >= 15 is 0 Å². The van der Waals surface area contributed by atoms with Gasteiger partial charge in [-0.2, -0.15) is 5.10 Å². The highest BCUT2D eigenvalue weighted by Gasteiger charge is 2.14. The van der Waals surface area contributed by atoms with Crippen molar-refractivity contribution in [2.24, 2.45) is 0 Å². The minimum Gasteiger partial charge on any atom is -0.497 e. The van der Waals surface area contributed by atoms with Crippen molar-refractivity contribution in [3.05, 3.63) is 60.2 Å². The van der Waals surface area contributed by atoms with Crippen LogP contribution in [0.15, 0.2) is 54.6 Å². The summed E-state index contributed by atoms with van der Waals surface area (Å²) in [4.78, 5) is 11.9. The summed E-state index contributed by atoms with van der Waals surface area (Å²) >= 11 is 0. The van der Waals surface area contributed by atoms with E-state index < -0.39 is 0 Å². The van der Waals surface area contributed by atoms with Crippen LogP contribution in [-0.4, -0.2) is 30.4 Å². The van der Waals surface area contributed by atoms with E-state index in [1.807, 2.05) is 42.5 Å². The summed E-state index contributed by atoms with van der Waals surface area (Å²) in [7, 11) is 3.00. The second-order valence-electron chi connectivity index (χ2n) is 4.93. The minimum absolute atomic E-state index is 0.374. The normalized spacial score (nSPS) is 10.3. The molecule has 0 saturated heterocycles. The number of hydrogen-bond acceptors (Lipinski definition) is 4. The maximum atomic E-state index is 11.9. The minimum atomic E-state index is -0.374. The van der Waals surface area contributed by atoms with Crippen LogP contribution < -0.4 is 4.74 Å². The number of aromatic amines is 1. The van der Waals surface area contributed by atoms with E-state index in [0.717, 1.165) is 28.3 Å². The molecule has 0 spiro atoms. The molecule has 0 bridgehead atoms. The van der Waals surface area contributed by atoms with E-state index in [1.54, 1.807) is 19.2 Å². The molecule has 116 valence electrons. The molecule has 23 heavy (non-hydrogen) atoms. The first-order valence-electron chi connectivity index (χ1n) is 7.10. The van der Waals surface area contributed by atoms with Crippen LogP contribution >= 0.6 is 0 Å². The van der Waals surface area contributed by atoms with Crippen LogP contribution in [0.1, 0.15) is 10.4 Å². The second kappa shape index (κ2) is 6.36. The van der Waals surface area contributed by atoms with E-state index in [4.69, 9.17) is 9.47 Å². The smallest absolute Gasteiger partial charge is 0.338 e. The monoisotopic (exact) mass is 308 g/mol. The summed E-state index contributed by atoms with van der Waals surface area (Å²) < 4.78 is 9.98. The first-order valence-corrected chi connectivity index (χ1v) is 7.10. The average molecular weight is 308 g/mol. The molecule has 1 aromatic heterocycles. The van der Waals surface area contributed by atoms with Crippen molar-refractivity contribution >= 4 is 5.97 Å². The Kier molecular flexibility index (Phi) is 4.10. The van der Waals surface area contributed by atoms with Crippen LogP contribution in [-0.2, 0) is 4.74 Å². The van der Waals surface area contributed by atoms with Crippen molar-refractivity contribution in [1.29, 1.82) is 0 Å². The summed E-state index contributed by atoms with van der Waals surface area (Å²) in [6.07, 6.45) is 0. The number of hydrogen-bond donors (Lipinski definition) is 1. The van der Waals surface area contributed by atoms with Gasteiger partial charge in [-0.25, -0.2) is 4.79 Å². The number of carbonyl (C=O) groups excluding carboxylic acids is 1. The van der Waals surface area contributed by atoms with E-state index in [0.29, 0.717) is 5.56 Å². The molecule has 0 saturated carbocycles. The molecular weight excluding hydrogens is 292 g/mol. The lowest BCUT2D eigenvalue weighted by atomic mass is 10.0. The van der Waals surface area contributed by atoms with Gasteiger partial charge in [0.1, 0.15) is 5.75 Å². The number of benzene rings is 2. The fraction of sp³-hybridized carbons (Fsp3) is 0.111. The van der Waals surface area contributed by atoms with Gasteiger partial charge in [0.2, 0.25) is 0 Å². The molecular formula is C18H16N2O3. The third kappa shape index (κ3) is 2.94. The van der Waals surface area contributed by atoms with Gasteiger partial charge in [-0.3, -0.25) is 5.10 Å². The highest BCUT2D eigenvalue weighted by molar-refractivity contribution is 5.96. The molecule has 2 aromatic carbocycles. The maximum Gasteiger partial charge on any atom is 0.338 e. The van der Waals surface area contributed by atoms with Crippen LogP contribution in [0.5, 0.6) is 5.75 Å². The Bertz CT molecular complexity index is 822. The zero-order chi connectivity index (χ0) is 16.2.